The molecule has 2 aliphatic rings. The van der Waals surface area contributed by atoms with Crippen LogP contribution < -0.4 is 5.32 Å². The van der Waals surface area contributed by atoms with Crippen molar-refractivity contribution in [1.82, 2.24) is 10.2 Å². The maximum Gasteiger partial charge on any atom is 0.245 e. The fraction of sp³-hybridized carbons (Fsp3) is 0.882. The van der Waals surface area contributed by atoms with Crippen molar-refractivity contribution in [2.45, 2.75) is 78.3 Å². The van der Waals surface area contributed by atoms with Crippen LogP contribution in [0.4, 0.5) is 0 Å². The Morgan fingerprint density at radius 3 is 2.43 bits per heavy atom. The highest BCUT2D eigenvalue weighted by molar-refractivity contribution is 5.96. The van der Waals surface area contributed by atoms with Crippen molar-refractivity contribution in [3.8, 4) is 0 Å². The van der Waals surface area contributed by atoms with E-state index in [0.717, 1.165) is 13.0 Å². The van der Waals surface area contributed by atoms with E-state index < -0.39 is 0 Å². The lowest BCUT2D eigenvalue weighted by molar-refractivity contribution is -0.150. The van der Waals surface area contributed by atoms with Crippen LogP contribution in [0.1, 0.15) is 66.2 Å². The van der Waals surface area contributed by atoms with E-state index >= 15 is 0 Å². The lowest BCUT2D eigenvalue weighted by Crippen LogP contribution is -2.63. The minimum absolute atomic E-state index is 0.000793. The first-order chi connectivity index (χ1) is 9.88. The van der Waals surface area contributed by atoms with Crippen LogP contribution in [0.5, 0.6) is 0 Å². The number of amides is 2. The molecular formula is C17H30N2O2. The van der Waals surface area contributed by atoms with Gasteiger partial charge in [-0.2, -0.15) is 0 Å². The van der Waals surface area contributed by atoms with Gasteiger partial charge in [-0.1, -0.05) is 33.6 Å². The Labute approximate surface area is 128 Å². The Kier molecular flexibility index (Phi) is 4.95. The average Bonchev–Trinajstić information content (AvgIpc) is 2.86. The van der Waals surface area contributed by atoms with Crippen molar-refractivity contribution >= 4 is 11.8 Å². The van der Waals surface area contributed by atoms with Gasteiger partial charge in [-0.25, -0.2) is 0 Å². The van der Waals surface area contributed by atoms with Crippen LogP contribution in [0, 0.1) is 11.3 Å². The molecule has 1 heterocycles. The zero-order valence-corrected chi connectivity index (χ0v) is 13.9. The lowest BCUT2D eigenvalue weighted by atomic mass is 9.77. The quantitative estimate of drug-likeness (QED) is 0.847. The maximum absolute atomic E-state index is 12.6. The Bertz CT molecular complexity index is 400. The molecule has 2 unspecified atom stereocenters. The lowest BCUT2D eigenvalue weighted by Gasteiger charge is -2.43. The van der Waals surface area contributed by atoms with Crippen LogP contribution in [0.15, 0.2) is 0 Å². The van der Waals surface area contributed by atoms with E-state index in [1.807, 2.05) is 18.7 Å². The van der Waals surface area contributed by atoms with Crippen molar-refractivity contribution in [3.63, 3.8) is 0 Å². The molecular weight excluding hydrogens is 264 g/mol. The molecule has 0 aromatic rings. The van der Waals surface area contributed by atoms with E-state index in [4.69, 9.17) is 0 Å². The number of piperazine rings is 1. The third kappa shape index (κ3) is 3.41. The Balaban J connectivity index is 2.17. The summed E-state index contributed by atoms with van der Waals surface area (Å²) in [6, 6.07) is -0.656. The summed E-state index contributed by atoms with van der Waals surface area (Å²) in [6.45, 7) is 9.08. The van der Waals surface area contributed by atoms with Gasteiger partial charge in [0.05, 0.1) is 0 Å². The van der Waals surface area contributed by atoms with Gasteiger partial charge >= 0.3 is 0 Å². The molecule has 1 saturated heterocycles. The van der Waals surface area contributed by atoms with E-state index in [9.17, 15) is 9.59 Å². The number of nitrogens with one attached hydrogen (secondary N) is 1. The van der Waals surface area contributed by atoms with Crippen LogP contribution in [0.3, 0.4) is 0 Å². The van der Waals surface area contributed by atoms with E-state index in [1.165, 1.54) is 25.7 Å². The molecule has 0 radical (unpaired) electrons. The minimum atomic E-state index is -0.329. The third-order valence-corrected chi connectivity index (χ3v) is 5.16. The third-order valence-electron chi connectivity index (χ3n) is 5.16. The second kappa shape index (κ2) is 6.37. The molecule has 4 nitrogen and oxygen atoms in total. The molecule has 4 heteroatoms. The van der Waals surface area contributed by atoms with Gasteiger partial charge in [-0.05, 0) is 43.9 Å². The molecule has 2 rings (SSSR count). The number of hydrogen-bond acceptors (Lipinski definition) is 2. The van der Waals surface area contributed by atoms with E-state index in [1.54, 1.807) is 0 Å². The SMILES string of the molecule is CCC1NC(=O)C(C)N(CC2(CC(C)C)CCCC2)C1=O. The minimum Gasteiger partial charge on any atom is -0.343 e. The summed E-state index contributed by atoms with van der Waals surface area (Å²) < 4.78 is 0. The first-order valence-electron chi connectivity index (χ1n) is 8.49. The van der Waals surface area contributed by atoms with Gasteiger partial charge in [0.25, 0.3) is 0 Å². The number of carbonyl (C=O) groups excluding carboxylic acids is 2. The molecule has 2 fully saturated rings. The van der Waals surface area contributed by atoms with Gasteiger partial charge in [0.1, 0.15) is 12.1 Å². The van der Waals surface area contributed by atoms with Crippen molar-refractivity contribution in [2.24, 2.45) is 11.3 Å². The molecule has 2 atom stereocenters. The molecule has 0 bridgehead atoms. The summed E-state index contributed by atoms with van der Waals surface area (Å²) in [6.07, 6.45) is 6.73. The van der Waals surface area contributed by atoms with Crippen molar-refractivity contribution in [3.05, 3.63) is 0 Å². The molecule has 0 aromatic carbocycles. The molecule has 120 valence electrons. The highest BCUT2D eigenvalue weighted by atomic mass is 16.2. The van der Waals surface area contributed by atoms with Gasteiger partial charge in [0.2, 0.25) is 11.8 Å². The first kappa shape index (κ1) is 16.3. The zero-order valence-electron chi connectivity index (χ0n) is 13.9. The Hall–Kier alpha value is -1.06. The van der Waals surface area contributed by atoms with Gasteiger partial charge in [-0.15, -0.1) is 0 Å². The molecule has 0 aromatic heterocycles. The standard InChI is InChI=1S/C17H30N2O2/c1-5-14-16(21)19(13(4)15(20)18-14)11-17(10-12(2)3)8-6-7-9-17/h12-14H,5-11H2,1-4H3,(H,18,20). The summed E-state index contributed by atoms with van der Waals surface area (Å²) in [7, 11) is 0. The van der Waals surface area contributed by atoms with Crippen LogP contribution in [-0.4, -0.2) is 35.3 Å². The molecule has 1 saturated carbocycles. The number of hydrogen-bond donors (Lipinski definition) is 1. The zero-order chi connectivity index (χ0) is 15.6. The van der Waals surface area contributed by atoms with Gasteiger partial charge < -0.3 is 10.2 Å². The van der Waals surface area contributed by atoms with E-state index in [0.29, 0.717) is 12.3 Å². The monoisotopic (exact) mass is 294 g/mol. The Morgan fingerprint density at radius 1 is 1.29 bits per heavy atom. The summed E-state index contributed by atoms with van der Waals surface area (Å²) in [4.78, 5) is 26.6. The van der Waals surface area contributed by atoms with Crippen LogP contribution in [0.25, 0.3) is 0 Å². The fourth-order valence-corrected chi connectivity index (χ4v) is 4.16. The number of rotatable bonds is 5. The second-order valence-electron chi connectivity index (χ2n) is 7.42. The molecule has 1 N–H and O–H groups in total. The summed E-state index contributed by atoms with van der Waals surface area (Å²) in [5, 5.41) is 2.84. The van der Waals surface area contributed by atoms with Crippen LogP contribution >= 0.6 is 0 Å². The Morgan fingerprint density at radius 2 is 1.90 bits per heavy atom. The molecule has 2 amide bonds. The van der Waals surface area contributed by atoms with Crippen molar-refractivity contribution < 1.29 is 9.59 Å². The second-order valence-corrected chi connectivity index (χ2v) is 7.42. The van der Waals surface area contributed by atoms with Gasteiger partial charge in [0, 0.05) is 6.54 Å². The summed E-state index contributed by atoms with van der Waals surface area (Å²) >= 11 is 0. The smallest absolute Gasteiger partial charge is 0.245 e. The summed E-state index contributed by atoms with van der Waals surface area (Å²) in [5.74, 6) is 0.743. The largest absolute Gasteiger partial charge is 0.343 e. The van der Waals surface area contributed by atoms with E-state index in [-0.39, 0.29) is 29.3 Å². The first-order valence-corrected chi connectivity index (χ1v) is 8.49. The fourth-order valence-electron chi connectivity index (χ4n) is 4.16. The normalized spacial score (nSPS) is 29.1. The summed E-state index contributed by atoms with van der Waals surface area (Å²) in [5.41, 5.74) is 0.230. The molecule has 1 aliphatic heterocycles. The van der Waals surface area contributed by atoms with Crippen LogP contribution in [-0.2, 0) is 9.59 Å². The topological polar surface area (TPSA) is 49.4 Å². The number of carbonyl (C=O) groups is 2. The van der Waals surface area contributed by atoms with Crippen LogP contribution in [0.2, 0.25) is 0 Å². The highest BCUT2D eigenvalue weighted by Crippen LogP contribution is 2.44. The number of nitrogens with zero attached hydrogens (tertiary/aromatic N) is 1. The maximum atomic E-state index is 12.6. The predicted octanol–water partition coefficient (Wildman–Crippen LogP) is 2.72. The van der Waals surface area contributed by atoms with Crippen molar-refractivity contribution in [1.29, 1.82) is 0 Å². The predicted molar refractivity (Wildman–Crippen MR) is 83.8 cm³/mol. The van der Waals surface area contributed by atoms with Gasteiger partial charge in [-0.3, -0.25) is 9.59 Å². The van der Waals surface area contributed by atoms with Crippen molar-refractivity contribution in [2.75, 3.05) is 6.54 Å². The molecule has 1 aliphatic carbocycles. The van der Waals surface area contributed by atoms with E-state index in [2.05, 4.69) is 19.2 Å². The van der Waals surface area contributed by atoms with Gasteiger partial charge in [0.15, 0.2) is 0 Å². The molecule has 0 spiro atoms. The highest BCUT2D eigenvalue weighted by Gasteiger charge is 2.43. The average molecular weight is 294 g/mol. The molecule has 21 heavy (non-hydrogen) atoms.